The molecule has 0 fully saturated rings. The SMILES string of the molecule is CCCCCCCCCCCCOc1ccc(-c2sc3cc4c(Br)c(-c5ccc(OCCCCCCCCCCCC)cc5)sc4cc3c2Br)cc1. The molecule has 52 heavy (non-hydrogen) atoms. The lowest BCUT2D eigenvalue weighted by molar-refractivity contribution is 0.304. The van der Waals surface area contributed by atoms with Crippen molar-refractivity contribution >= 4 is 74.7 Å². The van der Waals surface area contributed by atoms with Gasteiger partial charge < -0.3 is 9.47 Å². The van der Waals surface area contributed by atoms with Crippen LogP contribution in [0, 0.1) is 0 Å². The van der Waals surface area contributed by atoms with Crippen LogP contribution in [-0.2, 0) is 0 Å². The molecule has 0 N–H and O–H groups in total. The van der Waals surface area contributed by atoms with E-state index in [9.17, 15) is 0 Å². The number of hydrogen-bond donors (Lipinski definition) is 0. The van der Waals surface area contributed by atoms with E-state index in [-0.39, 0.29) is 0 Å². The summed E-state index contributed by atoms with van der Waals surface area (Å²) in [4.78, 5) is 2.53. The number of rotatable bonds is 26. The van der Waals surface area contributed by atoms with E-state index in [0.717, 1.165) is 37.6 Å². The molecule has 0 saturated heterocycles. The smallest absolute Gasteiger partial charge is 0.119 e. The average Bonchev–Trinajstić information content (AvgIpc) is 3.67. The maximum atomic E-state index is 6.10. The van der Waals surface area contributed by atoms with Crippen LogP contribution in [0.2, 0.25) is 0 Å². The summed E-state index contributed by atoms with van der Waals surface area (Å²) in [5, 5.41) is 2.54. The maximum Gasteiger partial charge on any atom is 0.119 e. The van der Waals surface area contributed by atoms with E-state index >= 15 is 0 Å². The van der Waals surface area contributed by atoms with E-state index in [1.165, 1.54) is 166 Å². The fourth-order valence-corrected chi connectivity index (χ4v) is 11.1. The van der Waals surface area contributed by atoms with E-state index in [1.54, 1.807) is 0 Å². The first kappa shape index (κ1) is 41.3. The van der Waals surface area contributed by atoms with Gasteiger partial charge in [-0.3, -0.25) is 0 Å². The third-order valence-corrected chi connectivity index (χ3v) is 14.7. The predicted octanol–water partition coefficient (Wildman–Crippen LogP) is 17.6. The van der Waals surface area contributed by atoms with Crippen molar-refractivity contribution in [1.29, 1.82) is 0 Å². The van der Waals surface area contributed by atoms with E-state index in [4.69, 9.17) is 9.47 Å². The number of unbranched alkanes of at least 4 members (excludes halogenated alkanes) is 18. The third-order valence-electron chi connectivity index (χ3n) is 10.1. The van der Waals surface area contributed by atoms with Gasteiger partial charge in [-0.15, -0.1) is 22.7 Å². The zero-order valence-corrected chi connectivity index (χ0v) is 36.5. The maximum absolute atomic E-state index is 6.10. The van der Waals surface area contributed by atoms with Gasteiger partial charge in [0.15, 0.2) is 0 Å². The molecule has 282 valence electrons. The van der Waals surface area contributed by atoms with Crippen molar-refractivity contribution in [1.82, 2.24) is 0 Å². The van der Waals surface area contributed by atoms with E-state index in [2.05, 4.69) is 106 Å². The minimum atomic E-state index is 0.799. The van der Waals surface area contributed by atoms with Crippen LogP contribution in [0.15, 0.2) is 69.6 Å². The Morgan fingerprint density at radius 1 is 0.423 bits per heavy atom. The van der Waals surface area contributed by atoms with Crippen molar-refractivity contribution in [3.05, 3.63) is 69.6 Å². The number of fused-ring (bicyclic) bond motifs is 2. The van der Waals surface area contributed by atoms with Gasteiger partial charge in [0.25, 0.3) is 0 Å². The van der Waals surface area contributed by atoms with Crippen LogP contribution in [0.3, 0.4) is 0 Å². The second-order valence-corrected chi connectivity index (χ2v) is 18.1. The first-order chi connectivity index (χ1) is 25.6. The van der Waals surface area contributed by atoms with Crippen LogP contribution in [0.4, 0.5) is 0 Å². The normalized spacial score (nSPS) is 11.6. The van der Waals surface area contributed by atoms with Gasteiger partial charge in [-0.2, -0.15) is 0 Å². The molecule has 0 aliphatic carbocycles. The molecule has 0 saturated carbocycles. The summed E-state index contributed by atoms with van der Waals surface area (Å²) in [6.45, 7) is 6.17. The quantitative estimate of drug-likeness (QED) is 0.0516. The van der Waals surface area contributed by atoms with Crippen LogP contribution >= 0.6 is 54.5 Å². The van der Waals surface area contributed by atoms with E-state index in [1.807, 2.05) is 22.7 Å². The molecule has 3 aromatic carbocycles. The van der Waals surface area contributed by atoms with Gasteiger partial charge in [0.2, 0.25) is 0 Å². The Hall–Kier alpha value is -1.86. The second kappa shape index (κ2) is 23.1. The molecule has 0 spiro atoms. The topological polar surface area (TPSA) is 18.5 Å². The van der Waals surface area contributed by atoms with Crippen molar-refractivity contribution in [2.45, 2.75) is 142 Å². The molecular formula is C46H60Br2O2S2. The monoisotopic (exact) mass is 866 g/mol. The highest BCUT2D eigenvalue weighted by Gasteiger charge is 2.18. The Morgan fingerprint density at radius 3 is 1.06 bits per heavy atom. The zero-order valence-electron chi connectivity index (χ0n) is 31.7. The third kappa shape index (κ3) is 12.6. The highest BCUT2D eigenvalue weighted by molar-refractivity contribution is 9.11. The highest BCUT2D eigenvalue weighted by atomic mass is 79.9. The lowest BCUT2D eigenvalue weighted by Crippen LogP contribution is -1.97. The Balaban J connectivity index is 1.08. The first-order valence-corrected chi connectivity index (χ1v) is 23.6. The molecule has 6 heteroatoms. The lowest BCUT2D eigenvalue weighted by atomic mass is 10.1. The molecule has 0 unspecified atom stereocenters. The first-order valence-electron chi connectivity index (χ1n) is 20.4. The number of hydrogen-bond acceptors (Lipinski definition) is 4. The predicted molar refractivity (Wildman–Crippen MR) is 238 cm³/mol. The summed E-state index contributed by atoms with van der Waals surface area (Å²) >= 11 is 11.6. The molecule has 0 bridgehead atoms. The van der Waals surface area contributed by atoms with Gasteiger partial charge in [0, 0.05) is 38.9 Å². The van der Waals surface area contributed by atoms with Gasteiger partial charge in [-0.1, -0.05) is 129 Å². The van der Waals surface area contributed by atoms with Crippen molar-refractivity contribution in [3.8, 4) is 32.4 Å². The number of ether oxygens (including phenoxy) is 2. The van der Waals surface area contributed by atoms with Crippen molar-refractivity contribution < 1.29 is 9.47 Å². The van der Waals surface area contributed by atoms with Gasteiger partial charge in [-0.05, 0) is 116 Å². The van der Waals surface area contributed by atoms with Gasteiger partial charge in [0.05, 0.1) is 13.2 Å². The highest BCUT2D eigenvalue weighted by Crippen LogP contribution is 2.48. The molecule has 2 heterocycles. The van der Waals surface area contributed by atoms with Crippen LogP contribution in [0.25, 0.3) is 41.1 Å². The molecule has 0 radical (unpaired) electrons. The summed E-state index contributed by atoms with van der Waals surface area (Å²) < 4.78 is 17.1. The molecule has 5 aromatic rings. The largest absolute Gasteiger partial charge is 0.494 e. The fourth-order valence-electron chi connectivity index (χ4n) is 6.96. The number of thiophene rings is 2. The Bertz CT molecular complexity index is 1610. The molecule has 0 atom stereocenters. The van der Waals surface area contributed by atoms with Gasteiger partial charge in [-0.25, -0.2) is 0 Å². The summed E-state index contributed by atoms with van der Waals surface area (Å²) in [5.41, 5.74) is 2.44. The Kier molecular flexibility index (Phi) is 18.4. The van der Waals surface area contributed by atoms with Crippen molar-refractivity contribution in [2.24, 2.45) is 0 Å². The lowest BCUT2D eigenvalue weighted by Gasteiger charge is -2.07. The molecule has 0 aliphatic heterocycles. The van der Waals surface area contributed by atoms with Crippen LogP contribution in [-0.4, -0.2) is 13.2 Å². The molecule has 0 amide bonds. The van der Waals surface area contributed by atoms with E-state index < -0.39 is 0 Å². The Labute approximate surface area is 339 Å². The molecule has 0 aliphatic rings. The average molecular weight is 869 g/mol. The summed E-state index contributed by atoms with van der Waals surface area (Å²) in [6, 6.07) is 22.0. The standard InChI is InChI=1S/C46H60Br2O2S2/c1-3-5-7-9-11-13-15-17-19-21-31-49-37-27-23-35(24-28-37)45-43(47)39-33-42-40(34-41(39)51-45)44(48)46(52-42)36-25-29-38(30-26-36)50-32-22-20-18-16-14-12-10-8-6-4-2/h23-30,33-34H,3-22,31-32H2,1-2H3. The van der Waals surface area contributed by atoms with E-state index in [0.29, 0.717) is 0 Å². The van der Waals surface area contributed by atoms with Crippen LogP contribution < -0.4 is 9.47 Å². The number of benzene rings is 3. The molecular weight excluding hydrogens is 808 g/mol. The molecule has 2 nitrogen and oxygen atoms in total. The minimum Gasteiger partial charge on any atom is -0.494 e. The van der Waals surface area contributed by atoms with Crippen LogP contribution in [0.5, 0.6) is 11.5 Å². The van der Waals surface area contributed by atoms with Gasteiger partial charge in [0.1, 0.15) is 11.5 Å². The number of halogens is 2. The van der Waals surface area contributed by atoms with Crippen molar-refractivity contribution in [3.63, 3.8) is 0 Å². The molecule has 5 rings (SSSR count). The minimum absolute atomic E-state index is 0.799. The summed E-state index contributed by atoms with van der Waals surface area (Å²) in [5.74, 6) is 1.92. The van der Waals surface area contributed by atoms with Gasteiger partial charge >= 0.3 is 0 Å². The Morgan fingerprint density at radius 2 is 0.731 bits per heavy atom. The second-order valence-electron chi connectivity index (χ2n) is 14.4. The zero-order chi connectivity index (χ0) is 36.4. The fraction of sp³-hybridized carbons (Fsp3) is 0.522. The van der Waals surface area contributed by atoms with Crippen LogP contribution in [0.1, 0.15) is 142 Å². The summed E-state index contributed by atoms with van der Waals surface area (Å²) in [7, 11) is 0. The van der Waals surface area contributed by atoms with Crippen molar-refractivity contribution in [2.75, 3.05) is 13.2 Å². The summed E-state index contributed by atoms with van der Waals surface area (Å²) in [6.07, 6.45) is 26.8. The molecule has 2 aromatic heterocycles.